The molecule has 0 radical (unpaired) electrons. The molecule has 2 atom stereocenters. The Labute approximate surface area is 262 Å². The first-order valence-electron chi connectivity index (χ1n) is 12.9. The molecule has 2 unspecified atom stereocenters. The molecule has 4 aromatic rings. The molecule has 0 amide bonds. The molecular formula is C32H22Cl2O8S2. The van der Waals surface area contributed by atoms with Crippen LogP contribution in [0.5, 0.6) is 0 Å². The fraction of sp³-hybridized carbons (Fsp3) is 0. The van der Waals surface area contributed by atoms with Crippen LogP contribution in [0.4, 0.5) is 0 Å². The molecule has 8 nitrogen and oxygen atoms in total. The zero-order valence-corrected chi connectivity index (χ0v) is 25.7. The maximum absolute atomic E-state index is 11.8. The second kappa shape index (κ2) is 12.7. The quantitative estimate of drug-likeness (QED) is 0.253. The van der Waals surface area contributed by atoms with Crippen molar-refractivity contribution in [3.05, 3.63) is 156 Å². The van der Waals surface area contributed by atoms with Gasteiger partial charge in [0.2, 0.25) is 0 Å². The van der Waals surface area contributed by atoms with Crippen LogP contribution in [0.3, 0.4) is 0 Å². The largest absolute Gasteiger partial charge is 0.182 e. The van der Waals surface area contributed by atoms with Gasteiger partial charge in [0, 0.05) is 0 Å². The molecule has 0 aliphatic carbocycles. The van der Waals surface area contributed by atoms with E-state index in [-0.39, 0.29) is 0 Å². The van der Waals surface area contributed by atoms with Gasteiger partial charge in [-0.25, -0.2) is 0 Å². The number of benzene rings is 4. The summed E-state index contributed by atoms with van der Waals surface area (Å²) < 4.78 is 80.7. The average molecular weight is 670 g/mol. The van der Waals surface area contributed by atoms with Gasteiger partial charge in [-0.1, -0.05) is 109 Å². The minimum Gasteiger partial charge on any atom is -0.182 e. The topological polar surface area (TPSA) is 157 Å². The van der Waals surface area contributed by atoms with Gasteiger partial charge in [0.1, 0.15) is 29.0 Å². The summed E-state index contributed by atoms with van der Waals surface area (Å²) in [5, 5.41) is 0. The zero-order chi connectivity index (χ0) is 30.9. The molecule has 12 heteroatoms. The molecule has 0 bridgehead atoms. The van der Waals surface area contributed by atoms with Gasteiger partial charge in [-0.05, 0) is 57.7 Å². The Kier molecular flexibility index (Phi) is 8.86. The fourth-order valence-electron chi connectivity index (χ4n) is 4.85. The second-order valence-corrected chi connectivity index (χ2v) is 14.8. The van der Waals surface area contributed by atoms with Crippen LogP contribution in [0.2, 0.25) is 0 Å². The summed E-state index contributed by atoms with van der Waals surface area (Å²) in [5.74, 6) is 0. The van der Waals surface area contributed by atoms with Gasteiger partial charge in [0.15, 0.2) is 0 Å². The van der Waals surface area contributed by atoms with Crippen molar-refractivity contribution in [1.82, 2.24) is 0 Å². The number of hydrogen-bond acceptors (Lipinski definition) is 8. The maximum atomic E-state index is 11.8. The highest BCUT2D eigenvalue weighted by atomic mass is 35.7. The van der Waals surface area contributed by atoms with Gasteiger partial charge in [-0.2, -0.15) is 28.0 Å². The van der Waals surface area contributed by atoms with Gasteiger partial charge in [-0.3, -0.25) is 0 Å². The smallest absolute Gasteiger partial charge is 0.148 e. The van der Waals surface area contributed by atoms with E-state index in [9.17, 15) is 28.0 Å². The lowest BCUT2D eigenvalue weighted by molar-refractivity contribution is -1.91. The lowest BCUT2D eigenvalue weighted by Crippen LogP contribution is -2.60. The zero-order valence-electron chi connectivity index (χ0n) is 22.5. The third-order valence-corrected chi connectivity index (χ3v) is 11.9. The Morgan fingerprint density at radius 2 is 0.795 bits per heavy atom. The summed E-state index contributed by atoms with van der Waals surface area (Å²) in [7, 11) is -12.5. The maximum Gasteiger partial charge on any atom is 0.148 e. The van der Waals surface area contributed by atoms with Crippen molar-refractivity contribution in [2.24, 2.45) is 0 Å². The van der Waals surface area contributed by atoms with Crippen LogP contribution in [0.15, 0.2) is 143 Å². The van der Waals surface area contributed by atoms with Crippen LogP contribution in [0, 0.1) is 20.5 Å². The first-order valence-corrected chi connectivity index (χ1v) is 17.7. The Morgan fingerprint density at radius 1 is 0.455 bits per heavy atom. The van der Waals surface area contributed by atoms with E-state index in [1.807, 2.05) is 84.9 Å². The molecule has 0 fully saturated rings. The molecule has 0 N–H and O–H groups in total. The standard InChI is InChI=1S/C32H22Cl2O8S2/c35-33(36,37)41-43-29-17-9-7-15-27(29)25(21-31(43)23-11-3-1-4-12-23)19-20-26-22-32(24-13-5-2-6-14-24)44(42-34(38,39)40)30-18-10-8-16-28(26)30/h1-22H/b20-19+. The van der Waals surface area contributed by atoms with Crippen LogP contribution >= 0.6 is 21.5 Å². The van der Waals surface area contributed by atoms with Gasteiger partial charge >= 0.3 is 0 Å². The van der Waals surface area contributed by atoms with Crippen molar-refractivity contribution in [2.75, 3.05) is 0 Å². The molecule has 4 aromatic carbocycles. The molecule has 0 saturated carbocycles. The van der Waals surface area contributed by atoms with Crippen LogP contribution < -0.4 is 28.0 Å². The van der Waals surface area contributed by atoms with Crippen LogP contribution in [0.1, 0.15) is 22.3 Å². The third-order valence-electron chi connectivity index (χ3n) is 6.61. The van der Waals surface area contributed by atoms with E-state index in [0.717, 1.165) is 11.1 Å². The van der Waals surface area contributed by atoms with E-state index >= 15 is 0 Å². The third kappa shape index (κ3) is 6.87. The molecule has 0 spiro atoms. The number of hydrogen-bond donors (Lipinski definition) is 0. The first kappa shape index (κ1) is 30.8. The van der Waals surface area contributed by atoms with Crippen molar-refractivity contribution in [3.8, 4) is 0 Å². The van der Waals surface area contributed by atoms with E-state index in [0.29, 0.717) is 41.8 Å². The number of fused-ring (bicyclic) bond motifs is 2. The molecule has 224 valence electrons. The summed E-state index contributed by atoms with van der Waals surface area (Å²) >= 11 is 0. The Balaban J connectivity index is 1.52. The van der Waals surface area contributed by atoms with Crippen molar-refractivity contribution in [3.63, 3.8) is 0 Å². The minimum atomic E-state index is -4.72. The molecule has 2 heterocycles. The van der Waals surface area contributed by atoms with Crippen LogP contribution in [-0.4, -0.2) is 9.73 Å². The predicted molar refractivity (Wildman–Crippen MR) is 153 cm³/mol. The van der Waals surface area contributed by atoms with Gasteiger partial charge in [-0.15, -0.1) is 0 Å². The molecule has 0 saturated heterocycles. The minimum absolute atomic E-state index is 0.514. The van der Waals surface area contributed by atoms with Gasteiger partial charge < -0.3 is 0 Å². The van der Waals surface area contributed by atoms with Crippen LogP contribution in [-0.2, 0) is 7.47 Å². The Bertz CT molecular complexity index is 1740. The molecular weight excluding hydrogens is 647 g/mol. The Morgan fingerprint density at radius 3 is 1.16 bits per heavy atom. The lowest BCUT2D eigenvalue weighted by Gasteiger charge is -2.23. The normalized spacial score (nSPS) is 18.5. The van der Waals surface area contributed by atoms with Gasteiger partial charge in [0.25, 0.3) is 0 Å². The van der Waals surface area contributed by atoms with Crippen LogP contribution in [0.25, 0.3) is 11.1 Å². The first-order chi connectivity index (χ1) is 21.1. The molecule has 2 aliphatic heterocycles. The molecule has 44 heavy (non-hydrogen) atoms. The van der Waals surface area contributed by atoms with E-state index < -0.39 is 42.0 Å². The van der Waals surface area contributed by atoms with E-state index in [4.69, 9.17) is 7.47 Å². The summed E-state index contributed by atoms with van der Waals surface area (Å²) in [5.41, 5.74) is 4.21. The number of rotatable bonds is 8. The summed E-state index contributed by atoms with van der Waals surface area (Å²) in [4.78, 5) is 2.09. The number of halogens is 2. The summed E-state index contributed by atoms with van der Waals surface area (Å²) in [6.07, 6.45) is 7.32. The van der Waals surface area contributed by atoms with E-state index in [2.05, 4.69) is 0 Å². The molecule has 0 aromatic heterocycles. The van der Waals surface area contributed by atoms with Crippen molar-refractivity contribution >= 4 is 42.4 Å². The highest BCUT2D eigenvalue weighted by molar-refractivity contribution is 8.12. The average Bonchev–Trinajstić information content (AvgIpc) is 3.01. The van der Waals surface area contributed by atoms with E-state index in [1.54, 1.807) is 48.6 Å². The molecule has 2 aliphatic rings. The lowest BCUT2D eigenvalue weighted by atomic mass is 9.97. The van der Waals surface area contributed by atoms with Crippen molar-refractivity contribution < 1.29 is 55.9 Å². The second-order valence-electron chi connectivity index (χ2n) is 9.40. The predicted octanol–water partition coefficient (Wildman–Crippen LogP) is 1.09. The van der Waals surface area contributed by atoms with E-state index in [1.165, 1.54) is 0 Å². The molecule has 6 rings (SSSR count). The highest BCUT2D eigenvalue weighted by Crippen LogP contribution is 2.45. The number of allylic oxidation sites excluding steroid dienone is 6. The highest BCUT2D eigenvalue weighted by Gasteiger charge is 2.33. The Hall–Kier alpha value is -3.20. The fourth-order valence-corrected chi connectivity index (χ4v) is 9.98. The summed E-state index contributed by atoms with van der Waals surface area (Å²) in [6.45, 7) is 0. The van der Waals surface area contributed by atoms with Gasteiger partial charge in [0.05, 0.1) is 40.0 Å². The SMILES string of the molecule is [O-][Cl+3]([O-])([O-])OS1=C(c2ccccc2)C=C(/C=C/C2=CC(c3ccccc3)=S(O[Cl+3]([O-])([O-])[O-])c3ccccc32)c2ccccc21. The monoisotopic (exact) mass is 668 g/mol. The van der Waals surface area contributed by atoms with Crippen molar-refractivity contribution in [2.45, 2.75) is 9.79 Å². The summed E-state index contributed by atoms with van der Waals surface area (Å²) in [6, 6.07) is 32.3. The van der Waals surface area contributed by atoms with Crippen molar-refractivity contribution in [1.29, 1.82) is 0 Å².